The van der Waals surface area contributed by atoms with Gasteiger partial charge in [0.05, 0.1) is 25.2 Å². The minimum Gasteiger partial charge on any atom is -0.463 e. The standard InChI is InChI=1S/C20H25N2O10P/c1-5-20(11-23)16-14(31-18(20)22-8-6-15(24)21-19(22)26)10-29-33(27,32-16)28-9-7-13(4)17(25)30-12(2)3/h1,6,8,11-14,16,18H,7,9-10H2,2-4H3,(H,21,24,26)/t13-,14-,16-,18-,20-,33+/m1/s1. The van der Waals surface area contributed by atoms with E-state index in [1.165, 1.54) is 0 Å². The smallest absolute Gasteiger partial charge is 0.463 e. The first-order chi connectivity index (χ1) is 15.5. The number of rotatable bonds is 8. The van der Waals surface area contributed by atoms with E-state index in [-0.39, 0.29) is 25.7 Å². The lowest BCUT2D eigenvalue weighted by Gasteiger charge is -2.34. The molecule has 12 nitrogen and oxygen atoms in total. The molecule has 3 rings (SSSR count). The minimum atomic E-state index is -4.17. The number of aromatic nitrogens is 2. The number of phosphoric acid groups is 1. The van der Waals surface area contributed by atoms with Gasteiger partial charge in [0.2, 0.25) is 0 Å². The zero-order chi connectivity index (χ0) is 24.4. The number of hydrogen-bond donors (Lipinski definition) is 1. The van der Waals surface area contributed by atoms with Crippen molar-refractivity contribution in [3.63, 3.8) is 0 Å². The molecule has 2 saturated heterocycles. The molecule has 2 fully saturated rings. The molecule has 0 aliphatic carbocycles. The summed E-state index contributed by atoms with van der Waals surface area (Å²) in [5.41, 5.74) is -3.35. The molecule has 1 N–H and O–H groups in total. The van der Waals surface area contributed by atoms with Crippen molar-refractivity contribution in [2.75, 3.05) is 13.2 Å². The van der Waals surface area contributed by atoms with Crippen molar-refractivity contribution in [3.8, 4) is 12.3 Å². The number of nitrogens with one attached hydrogen (secondary N) is 1. The molecule has 0 unspecified atom stereocenters. The molecule has 1 aromatic rings. The van der Waals surface area contributed by atoms with Crippen LogP contribution < -0.4 is 11.2 Å². The molecule has 0 spiro atoms. The molecule has 0 radical (unpaired) electrons. The summed E-state index contributed by atoms with van der Waals surface area (Å²) in [5.74, 6) is 1.35. The van der Waals surface area contributed by atoms with Crippen LogP contribution in [0, 0.1) is 23.7 Å². The van der Waals surface area contributed by atoms with E-state index in [1.54, 1.807) is 20.8 Å². The predicted octanol–water partition coefficient (Wildman–Crippen LogP) is 0.770. The van der Waals surface area contributed by atoms with Gasteiger partial charge < -0.3 is 14.3 Å². The normalized spacial score (nSPS) is 32.0. The molecule has 0 bridgehead atoms. The Bertz CT molecular complexity index is 1110. The van der Waals surface area contributed by atoms with Gasteiger partial charge in [-0.05, 0) is 20.3 Å². The lowest BCUT2D eigenvalue weighted by molar-refractivity contribution is -0.152. The third-order valence-corrected chi connectivity index (χ3v) is 6.71. The highest BCUT2D eigenvalue weighted by molar-refractivity contribution is 7.48. The van der Waals surface area contributed by atoms with Crippen LogP contribution in [0.4, 0.5) is 0 Å². The molecule has 3 heterocycles. The van der Waals surface area contributed by atoms with Crippen LogP contribution in [-0.4, -0.2) is 53.3 Å². The third-order valence-electron chi connectivity index (χ3n) is 5.26. The number of phosphoric ester groups is 1. The van der Waals surface area contributed by atoms with Gasteiger partial charge in [-0.1, -0.05) is 12.8 Å². The highest BCUT2D eigenvalue weighted by atomic mass is 31.2. The number of carbonyl (C=O) groups is 2. The van der Waals surface area contributed by atoms with Crippen LogP contribution in [0.5, 0.6) is 0 Å². The monoisotopic (exact) mass is 484 g/mol. The van der Waals surface area contributed by atoms with Gasteiger partial charge in [0.25, 0.3) is 5.56 Å². The summed E-state index contributed by atoms with van der Waals surface area (Å²) in [6.07, 6.45) is 3.51. The topological polar surface area (TPSA) is 152 Å². The first kappa shape index (κ1) is 25.1. The number of hydrogen-bond acceptors (Lipinski definition) is 10. The fourth-order valence-corrected chi connectivity index (χ4v) is 4.95. The summed E-state index contributed by atoms with van der Waals surface area (Å²) >= 11 is 0. The Labute approximate surface area is 189 Å². The van der Waals surface area contributed by atoms with Gasteiger partial charge in [-0.25, -0.2) is 9.36 Å². The van der Waals surface area contributed by atoms with Crippen LogP contribution in [0.1, 0.15) is 33.4 Å². The number of carbonyl (C=O) groups excluding carboxylic acids is 2. The maximum Gasteiger partial charge on any atom is 0.475 e. The van der Waals surface area contributed by atoms with Crippen LogP contribution in [0.3, 0.4) is 0 Å². The zero-order valence-electron chi connectivity index (χ0n) is 18.3. The Morgan fingerprint density at radius 3 is 2.79 bits per heavy atom. The Balaban J connectivity index is 1.75. The maximum absolute atomic E-state index is 13.0. The van der Waals surface area contributed by atoms with Gasteiger partial charge in [-0.2, -0.15) is 0 Å². The molecular formula is C20H25N2O10P. The molecule has 13 heteroatoms. The van der Waals surface area contributed by atoms with Crippen molar-refractivity contribution in [1.82, 2.24) is 9.55 Å². The molecule has 33 heavy (non-hydrogen) atoms. The molecule has 2 aliphatic rings. The van der Waals surface area contributed by atoms with Crippen molar-refractivity contribution in [2.24, 2.45) is 11.3 Å². The van der Waals surface area contributed by atoms with Gasteiger partial charge in [0.15, 0.2) is 11.6 Å². The summed E-state index contributed by atoms with van der Waals surface area (Å²) in [6, 6.07) is 1.07. The number of terminal acetylenes is 1. The van der Waals surface area contributed by atoms with Crippen molar-refractivity contribution in [2.45, 2.75) is 51.7 Å². The molecular weight excluding hydrogens is 459 g/mol. The molecule has 180 valence electrons. The predicted molar refractivity (Wildman–Crippen MR) is 112 cm³/mol. The van der Waals surface area contributed by atoms with Crippen LogP contribution in [0.2, 0.25) is 0 Å². The zero-order valence-corrected chi connectivity index (χ0v) is 19.2. The van der Waals surface area contributed by atoms with E-state index < -0.39 is 54.8 Å². The fourth-order valence-electron chi connectivity index (χ4n) is 3.51. The number of nitrogens with zero attached hydrogens (tertiary/aromatic N) is 1. The number of aldehydes is 1. The minimum absolute atomic E-state index is 0.156. The molecule has 1 aromatic heterocycles. The van der Waals surface area contributed by atoms with Gasteiger partial charge in [-0.15, -0.1) is 6.42 Å². The van der Waals surface area contributed by atoms with Gasteiger partial charge >= 0.3 is 19.5 Å². The second-order valence-corrected chi connectivity index (χ2v) is 9.64. The molecule has 0 aromatic carbocycles. The third kappa shape index (κ3) is 5.03. The second-order valence-electron chi connectivity index (χ2n) is 8.02. The van der Waals surface area contributed by atoms with Gasteiger partial charge in [-0.3, -0.25) is 32.7 Å². The van der Waals surface area contributed by atoms with Crippen LogP contribution >= 0.6 is 7.82 Å². The van der Waals surface area contributed by atoms with Crippen molar-refractivity contribution in [3.05, 3.63) is 33.1 Å². The maximum atomic E-state index is 13.0. The number of H-pyrrole nitrogens is 1. The highest BCUT2D eigenvalue weighted by Gasteiger charge is 2.63. The largest absolute Gasteiger partial charge is 0.475 e. The SMILES string of the molecule is C#C[C@@]1(C=O)[C@@H]2O[P@@](=O)(OCC[C@@H](C)C(=O)OC(C)C)OC[C@H]2O[C@H]1n1ccc(=O)[nH]c1=O. The van der Waals surface area contributed by atoms with E-state index in [2.05, 4.69) is 10.9 Å². The van der Waals surface area contributed by atoms with Gasteiger partial charge in [0, 0.05) is 12.3 Å². The lowest BCUT2D eigenvalue weighted by Crippen LogP contribution is -2.46. The van der Waals surface area contributed by atoms with E-state index in [4.69, 9.17) is 29.5 Å². The van der Waals surface area contributed by atoms with Crippen molar-refractivity contribution >= 4 is 20.1 Å². The Morgan fingerprint density at radius 2 is 2.18 bits per heavy atom. The first-order valence-corrected chi connectivity index (χ1v) is 11.7. The summed E-state index contributed by atoms with van der Waals surface area (Å²) in [6.45, 7) is 4.63. The Hall–Kier alpha value is -2.55. The quantitative estimate of drug-likeness (QED) is 0.242. The van der Waals surface area contributed by atoms with E-state index in [0.717, 1.165) is 16.8 Å². The number of aromatic amines is 1. The van der Waals surface area contributed by atoms with E-state index >= 15 is 0 Å². The Morgan fingerprint density at radius 1 is 1.45 bits per heavy atom. The van der Waals surface area contributed by atoms with E-state index in [9.17, 15) is 23.7 Å². The molecule has 0 saturated carbocycles. The summed E-state index contributed by atoms with van der Waals surface area (Å²) in [7, 11) is -4.17. The van der Waals surface area contributed by atoms with Gasteiger partial charge in [0.1, 0.15) is 18.5 Å². The molecule has 2 aliphatic heterocycles. The fraction of sp³-hybridized carbons (Fsp3) is 0.600. The number of fused-ring (bicyclic) bond motifs is 1. The summed E-state index contributed by atoms with van der Waals surface area (Å²) in [5, 5.41) is 0. The van der Waals surface area contributed by atoms with Crippen molar-refractivity contribution < 1.29 is 37.2 Å². The van der Waals surface area contributed by atoms with E-state index in [0.29, 0.717) is 6.29 Å². The van der Waals surface area contributed by atoms with Crippen LogP contribution in [0.15, 0.2) is 21.9 Å². The summed E-state index contributed by atoms with van der Waals surface area (Å²) < 4.78 is 40.9. The highest BCUT2D eigenvalue weighted by Crippen LogP contribution is 2.60. The van der Waals surface area contributed by atoms with Crippen LogP contribution in [0.25, 0.3) is 0 Å². The number of ether oxygens (including phenoxy) is 2. The molecule has 6 atom stereocenters. The second kappa shape index (κ2) is 9.75. The Kier molecular flexibility index (Phi) is 7.41. The van der Waals surface area contributed by atoms with Crippen LogP contribution in [-0.2, 0) is 37.2 Å². The lowest BCUT2D eigenvalue weighted by atomic mass is 9.82. The van der Waals surface area contributed by atoms with E-state index in [1.807, 2.05) is 0 Å². The average Bonchev–Trinajstić information content (AvgIpc) is 3.06. The average molecular weight is 484 g/mol. The number of esters is 1. The summed E-state index contributed by atoms with van der Waals surface area (Å²) in [4.78, 5) is 49.8. The molecule has 0 amide bonds. The van der Waals surface area contributed by atoms with Crippen molar-refractivity contribution in [1.29, 1.82) is 0 Å². The first-order valence-electron chi connectivity index (χ1n) is 10.2.